The molecule has 0 amide bonds. The Balaban J connectivity index is 3.55. The summed E-state index contributed by atoms with van der Waals surface area (Å²) < 4.78 is 5.35. The van der Waals surface area contributed by atoms with Crippen LogP contribution in [0.1, 0.15) is 27.2 Å². The predicted molar refractivity (Wildman–Crippen MR) is 70.3 cm³/mol. The van der Waals surface area contributed by atoms with Crippen LogP contribution in [0.15, 0.2) is 17.3 Å². The topological polar surface area (TPSA) is 79.9 Å². The average molecular weight is 243 g/mol. The van der Waals surface area contributed by atoms with Gasteiger partial charge in [0.15, 0.2) is 0 Å². The Labute approximate surface area is 104 Å². The van der Waals surface area contributed by atoms with Gasteiger partial charge >= 0.3 is 0 Å². The van der Waals surface area contributed by atoms with Crippen LogP contribution in [0.2, 0.25) is 0 Å². The van der Waals surface area contributed by atoms with Crippen LogP contribution in [0.5, 0.6) is 0 Å². The minimum atomic E-state index is -0.291. The molecule has 0 aliphatic carbocycles. The van der Waals surface area contributed by atoms with Crippen molar-refractivity contribution in [1.82, 2.24) is 5.32 Å². The third-order valence-corrected chi connectivity index (χ3v) is 2.50. The van der Waals surface area contributed by atoms with E-state index in [1.54, 1.807) is 0 Å². The first-order valence-electron chi connectivity index (χ1n) is 5.81. The SMILES string of the molecule is C=C(C)COCCNCCC(C)(C)C(N)=NO. The molecule has 0 atom stereocenters. The van der Waals surface area contributed by atoms with E-state index in [9.17, 15) is 0 Å². The normalized spacial score (nSPS) is 12.8. The monoisotopic (exact) mass is 243 g/mol. The molecule has 0 saturated carbocycles. The average Bonchev–Trinajstić information content (AvgIpc) is 2.26. The van der Waals surface area contributed by atoms with Crippen LogP contribution in [0.3, 0.4) is 0 Å². The molecular formula is C12H25N3O2. The van der Waals surface area contributed by atoms with Crippen molar-refractivity contribution < 1.29 is 9.94 Å². The molecule has 0 aromatic rings. The number of rotatable bonds is 9. The zero-order valence-corrected chi connectivity index (χ0v) is 11.1. The molecule has 5 heteroatoms. The summed E-state index contributed by atoms with van der Waals surface area (Å²) in [7, 11) is 0. The fourth-order valence-electron chi connectivity index (χ4n) is 1.18. The van der Waals surface area contributed by atoms with E-state index in [1.165, 1.54) is 0 Å². The first-order valence-corrected chi connectivity index (χ1v) is 5.81. The van der Waals surface area contributed by atoms with Gasteiger partial charge in [-0.25, -0.2) is 0 Å². The molecule has 0 saturated heterocycles. The highest BCUT2D eigenvalue weighted by Crippen LogP contribution is 2.19. The van der Waals surface area contributed by atoms with Crippen LogP contribution < -0.4 is 11.1 Å². The fourth-order valence-corrected chi connectivity index (χ4v) is 1.18. The van der Waals surface area contributed by atoms with Gasteiger partial charge in [0, 0.05) is 12.0 Å². The van der Waals surface area contributed by atoms with E-state index >= 15 is 0 Å². The number of amidine groups is 1. The van der Waals surface area contributed by atoms with Crippen LogP contribution in [0.25, 0.3) is 0 Å². The van der Waals surface area contributed by atoms with E-state index in [0.717, 1.165) is 25.1 Å². The summed E-state index contributed by atoms with van der Waals surface area (Å²) in [6, 6.07) is 0. The lowest BCUT2D eigenvalue weighted by Gasteiger charge is -2.22. The molecule has 0 aromatic carbocycles. The van der Waals surface area contributed by atoms with Crippen molar-refractivity contribution in [1.29, 1.82) is 0 Å². The van der Waals surface area contributed by atoms with Gasteiger partial charge < -0.3 is 21.0 Å². The van der Waals surface area contributed by atoms with Crippen molar-refractivity contribution in [3.8, 4) is 0 Å². The number of nitrogens with zero attached hydrogens (tertiary/aromatic N) is 1. The second-order valence-corrected chi connectivity index (χ2v) is 4.88. The molecular weight excluding hydrogens is 218 g/mol. The van der Waals surface area contributed by atoms with Gasteiger partial charge in [0.05, 0.1) is 13.2 Å². The molecule has 17 heavy (non-hydrogen) atoms. The summed E-state index contributed by atoms with van der Waals surface area (Å²) in [6.07, 6.45) is 0.809. The van der Waals surface area contributed by atoms with Crippen LogP contribution >= 0.6 is 0 Å². The van der Waals surface area contributed by atoms with Crippen LogP contribution in [0.4, 0.5) is 0 Å². The third kappa shape index (κ3) is 7.76. The second kappa shape index (κ2) is 8.08. The first-order chi connectivity index (χ1) is 7.90. The van der Waals surface area contributed by atoms with Gasteiger partial charge in [0.2, 0.25) is 0 Å². The predicted octanol–water partition coefficient (Wildman–Crippen LogP) is 1.33. The van der Waals surface area contributed by atoms with Crippen molar-refractivity contribution in [3.05, 3.63) is 12.2 Å². The summed E-state index contributed by atoms with van der Waals surface area (Å²) in [5.74, 6) is 0.262. The van der Waals surface area contributed by atoms with Crippen molar-refractivity contribution in [2.24, 2.45) is 16.3 Å². The standard InChI is InChI=1S/C12H25N3O2/c1-10(2)9-17-8-7-14-6-5-12(3,4)11(13)15-16/h14,16H,1,5-9H2,2-4H3,(H2,13,15). The van der Waals surface area contributed by atoms with Crippen molar-refractivity contribution in [2.45, 2.75) is 27.2 Å². The molecule has 0 heterocycles. The number of oxime groups is 1. The Morgan fingerprint density at radius 3 is 2.65 bits per heavy atom. The largest absolute Gasteiger partial charge is 0.409 e. The smallest absolute Gasteiger partial charge is 0.144 e. The highest BCUT2D eigenvalue weighted by molar-refractivity contribution is 5.85. The van der Waals surface area contributed by atoms with Gasteiger partial charge in [-0.1, -0.05) is 31.2 Å². The Morgan fingerprint density at radius 1 is 1.47 bits per heavy atom. The van der Waals surface area contributed by atoms with Gasteiger partial charge in [-0.05, 0) is 19.9 Å². The van der Waals surface area contributed by atoms with E-state index in [-0.39, 0.29) is 11.3 Å². The van der Waals surface area contributed by atoms with Gasteiger partial charge in [-0.2, -0.15) is 0 Å². The Bertz CT molecular complexity index is 262. The van der Waals surface area contributed by atoms with Gasteiger partial charge in [-0.3, -0.25) is 0 Å². The molecule has 5 nitrogen and oxygen atoms in total. The van der Waals surface area contributed by atoms with E-state index in [2.05, 4.69) is 17.1 Å². The van der Waals surface area contributed by atoms with Crippen LogP contribution in [0, 0.1) is 5.41 Å². The minimum Gasteiger partial charge on any atom is -0.409 e. The molecule has 0 fully saturated rings. The van der Waals surface area contributed by atoms with Crippen molar-refractivity contribution >= 4 is 5.84 Å². The first kappa shape index (κ1) is 15.9. The second-order valence-electron chi connectivity index (χ2n) is 4.88. The lowest BCUT2D eigenvalue weighted by Crippen LogP contribution is -2.35. The summed E-state index contributed by atoms with van der Waals surface area (Å²) in [5, 5.41) is 14.9. The maximum Gasteiger partial charge on any atom is 0.144 e. The summed E-state index contributed by atoms with van der Waals surface area (Å²) in [5.41, 5.74) is 6.32. The maximum absolute atomic E-state index is 8.61. The molecule has 0 spiro atoms. The Morgan fingerprint density at radius 2 is 2.12 bits per heavy atom. The van der Waals surface area contributed by atoms with Crippen molar-refractivity contribution in [2.75, 3.05) is 26.3 Å². The summed E-state index contributed by atoms with van der Waals surface area (Å²) in [4.78, 5) is 0. The number of hydrogen-bond donors (Lipinski definition) is 3. The molecule has 0 bridgehead atoms. The maximum atomic E-state index is 8.61. The Kier molecular flexibility index (Phi) is 7.58. The van der Waals surface area contributed by atoms with E-state index < -0.39 is 0 Å². The van der Waals surface area contributed by atoms with Crippen molar-refractivity contribution in [3.63, 3.8) is 0 Å². The fraction of sp³-hybridized carbons (Fsp3) is 0.750. The zero-order valence-electron chi connectivity index (χ0n) is 11.1. The lowest BCUT2D eigenvalue weighted by molar-refractivity contribution is 0.157. The Hall–Kier alpha value is -1.07. The molecule has 0 aliphatic heterocycles. The van der Waals surface area contributed by atoms with Gasteiger partial charge in [0.1, 0.15) is 5.84 Å². The highest BCUT2D eigenvalue weighted by Gasteiger charge is 2.22. The molecule has 0 radical (unpaired) electrons. The number of nitrogens with one attached hydrogen (secondary N) is 1. The number of ether oxygens (including phenoxy) is 1. The molecule has 0 rings (SSSR count). The third-order valence-electron chi connectivity index (χ3n) is 2.50. The van der Waals surface area contributed by atoms with Crippen LogP contribution in [-0.4, -0.2) is 37.3 Å². The van der Waals surface area contributed by atoms with Crippen LogP contribution in [-0.2, 0) is 4.74 Å². The summed E-state index contributed by atoms with van der Waals surface area (Å²) >= 11 is 0. The minimum absolute atomic E-state index is 0.262. The van der Waals surface area contributed by atoms with Gasteiger partial charge in [-0.15, -0.1) is 0 Å². The molecule has 0 unspecified atom stereocenters. The van der Waals surface area contributed by atoms with E-state index in [0.29, 0.717) is 13.2 Å². The number of hydrogen-bond acceptors (Lipinski definition) is 4. The molecule has 0 aromatic heterocycles. The zero-order chi connectivity index (χ0) is 13.3. The quantitative estimate of drug-likeness (QED) is 0.142. The number of nitrogens with two attached hydrogens (primary N) is 1. The summed E-state index contributed by atoms with van der Waals surface area (Å²) in [6.45, 7) is 12.5. The van der Waals surface area contributed by atoms with E-state index in [4.69, 9.17) is 15.7 Å². The van der Waals surface area contributed by atoms with Gasteiger partial charge in [0.25, 0.3) is 0 Å². The molecule has 100 valence electrons. The van der Waals surface area contributed by atoms with E-state index in [1.807, 2.05) is 20.8 Å². The molecule has 0 aliphatic rings. The molecule has 4 N–H and O–H groups in total. The highest BCUT2D eigenvalue weighted by atomic mass is 16.5. The lowest BCUT2D eigenvalue weighted by atomic mass is 9.88.